The van der Waals surface area contributed by atoms with Crippen LogP contribution >= 0.6 is 23.2 Å². The van der Waals surface area contributed by atoms with Crippen LogP contribution in [-0.2, 0) is 0 Å². The molecule has 0 bridgehead atoms. The van der Waals surface area contributed by atoms with Crippen molar-refractivity contribution in [2.75, 3.05) is 26.2 Å². The van der Waals surface area contributed by atoms with Crippen LogP contribution in [0.4, 0.5) is 0 Å². The van der Waals surface area contributed by atoms with E-state index in [4.69, 9.17) is 27.6 Å². The predicted octanol–water partition coefficient (Wildman–Crippen LogP) is 3.72. The third-order valence-electron chi connectivity index (χ3n) is 3.51. The second-order valence-corrected chi connectivity index (χ2v) is 5.76. The third-order valence-corrected chi connectivity index (χ3v) is 4.25. The molecule has 2 aromatic rings. The number of oxazole rings is 1. The van der Waals surface area contributed by atoms with Gasteiger partial charge < -0.3 is 14.6 Å². The van der Waals surface area contributed by atoms with Crippen LogP contribution in [0.5, 0.6) is 0 Å². The zero-order valence-corrected chi connectivity index (χ0v) is 14.6. The molecule has 1 N–H and O–H groups in total. The molecule has 0 atom stereocenters. The molecule has 0 aliphatic carbocycles. The van der Waals surface area contributed by atoms with Crippen LogP contribution < -0.4 is 5.32 Å². The average molecular weight is 356 g/mol. The van der Waals surface area contributed by atoms with E-state index in [9.17, 15) is 4.79 Å². The van der Waals surface area contributed by atoms with Crippen molar-refractivity contribution < 1.29 is 9.21 Å². The van der Waals surface area contributed by atoms with Gasteiger partial charge in [-0.25, -0.2) is 4.98 Å². The number of hydrogen-bond donors (Lipinski definition) is 1. The molecule has 0 unspecified atom stereocenters. The van der Waals surface area contributed by atoms with E-state index in [0.717, 1.165) is 19.6 Å². The Kier molecular flexibility index (Phi) is 6.45. The fourth-order valence-corrected chi connectivity index (χ4v) is 2.40. The summed E-state index contributed by atoms with van der Waals surface area (Å²) in [4.78, 5) is 18.5. The summed E-state index contributed by atoms with van der Waals surface area (Å²) in [5.41, 5.74) is 0.909. The second kappa shape index (κ2) is 8.34. The van der Waals surface area contributed by atoms with Gasteiger partial charge in [0.2, 0.25) is 5.89 Å². The van der Waals surface area contributed by atoms with Gasteiger partial charge in [-0.05, 0) is 31.3 Å². The zero-order chi connectivity index (χ0) is 16.8. The van der Waals surface area contributed by atoms with Crippen molar-refractivity contribution in [3.05, 3.63) is 40.2 Å². The smallest absolute Gasteiger partial charge is 0.273 e. The molecule has 0 saturated carbocycles. The highest BCUT2D eigenvalue weighted by Gasteiger charge is 2.14. The molecular weight excluding hydrogens is 337 g/mol. The standard InChI is InChI=1S/C16H19Cl2N3O2/c1-3-21(4-2)8-7-19-15(22)14-10-23-16(20-14)11-5-6-12(17)13(18)9-11/h5-6,9-10H,3-4,7-8H2,1-2H3,(H,19,22). The van der Waals surface area contributed by atoms with Gasteiger partial charge in [-0.15, -0.1) is 0 Å². The van der Waals surface area contributed by atoms with Gasteiger partial charge in [0.1, 0.15) is 6.26 Å². The molecule has 0 spiro atoms. The van der Waals surface area contributed by atoms with Crippen LogP contribution in [0, 0.1) is 0 Å². The first-order chi connectivity index (χ1) is 11.0. The summed E-state index contributed by atoms with van der Waals surface area (Å²) >= 11 is 11.9. The normalized spacial score (nSPS) is 11.0. The van der Waals surface area contributed by atoms with Crippen LogP contribution in [0.15, 0.2) is 28.9 Å². The fraction of sp³-hybridized carbons (Fsp3) is 0.375. The van der Waals surface area contributed by atoms with E-state index in [1.54, 1.807) is 18.2 Å². The monoisotopic (exact) mass is 355 g/mol. The minimum absolute atomic E-state index is 0.241. The van der Waals surface area contributed by atoms with Gasteiger partial charge in [-0.2, -0.15) is 0 Å². The molecule has 1 aromatic carbocycles. The lowest BCUT2D eigenvalue weighted by Gasteiger charge is -2.17. The summed E-state index contributed by atoms with van der Waals surface area (Å²) in [6.45, 7) is 7.46. The van der Waals surface area contributed by atoms with Crippen molar-refractivity contribution in [2.24, 2.45) is 0 Å². The number of aromatic nitrogens is 1. The summed E-state index contributed by atoms with van der Waals surface area (Å²) in [7, 11) is 0. The van der Waals surface area contributed by atoms with E-state index in [1.807, 2.05) is 0 Å². The first-order valence-corrected chi connectivity index (χ1v) is 8.22. The first kappa shape index (κ1) is 17.8. The van der Waals surface area contributed by atoms with E-state index in [-0.39, 0.29) is 11.6 Å². The largest absolute Gasteiger partial charge is 0.444 e. The van der Waals surface area contributed by atoms with Crippen molar-refractivity contribution in [2.45, 2.75) is 13.8 Å². The summed E-state index contributed by atoms with van der Waals surface area (Å²) in [5, 5.41) is 3.70. The number of halogens is 2. The number of nitrogens with zero attached hydrogens (tertiary/aromatic N) is 2. The molecule has 0 aliphatic rings. The summed E-state index contributed by atoms with van der Waals surface area (Å²) in [6, 6.07) is 5.05. The highest BCUT2D eigenvalue weighted by molar-refractivity contribution is 6.42. The quantitative estimate of drug-likeness (QED) is 0.822. The maximum atomic E-state index is 12.1. The number of likely N-dealkylation sites (N-methyl/N-ethyl adjacent to an activating group) is 1. The molecule has 2 rings (SSSR count). The molecule has 0 radical (unpaired) electrons. The number of amides is 1. The molecule has 23 heavy (non-hydrogen) atoms. The van der Waals surface area contributed by atoms with Gasteiger partial charge in [-0.3, -0.25) is 4.79 Å². The number of carbonyl (C=O) groups is 1. The van der Waals surface area contributed by atoms with E-state index in [1.165, 1.54) is 6.26 Å². The van der Waals surface area contributed by atoms with Crippen molar-refractivity contribution >= 4 is 29.1 Å². The Morgan fingerprint density at radius 2 is 2.00 bits per heavy atom. The minimum Gasteiger partial charge on any atom is -0.444 e. The van der Waals surface area contributed by atoms with Gasteiger partial charge in [0.25, 0.3) is 5.91 Å². The Morgan fingerprint density at radius 1 is 1.26 bits per heavy atom. The molecule has 1 aromatic heterocycles. The molecule has 0 fully saturated rings. The number of rotatable bonds is 7. The minimum atomic E-state index is -0.257. The molecular formula is C16H19Cl2N3O2. The first-order valence-electron chi connectivity index (χ1n) is 7.46. The SMILES string of the molecule is CCN(CC)CCNC(=O)c1coc(-c2ccc(Cl)c(Cl)c2)n1. The lowest BCUT2D eigenvalue weighted by Crippen LogP contribution is -2.34. The molecule has 5 nitrogen and oxygen atoms in total. The van der Waals surface area contributed by atoms with Crippen LogP contribution in [0.1, 0.15) is 24.3 Å². The number of nitrogens with one attached hydrogen (secondary N) is 1. The number of hydrogen-bond acceptors (Lipinski definition) is 4. The zero-order valence-electron chi connectivity index (χ0n) is 13.1. The maximum absolute atomic E-state index is 12.1. The molecule has 0 aliphatic heterocycles. The molecule has 1 heterocycles. The molecule has 1 amide bonds. The van der Waals surface area contributed by atoms with Crippen LogP contribution in [0.25, 0.3) is 11.5 Å². The molecule has 124 valence electrons. The highest BCUT2D eigenvalue weighted by Crippen LogP contribution is 2.28. The van der Waals surface area contributed by atoms with Crippen LogP contribution in [-0.4, -0.2) is 42.0 Å². The van der Waals surface area contributed by atoms with Gasteiger partial charge in [-0.1, -0.05) is 37.0 Å². The van der Waals surface area contributed by atoms with E-state index >= 15 is 0 Å². The van der Waals surface area contributed by atoms with Gasteiger partial charge in [0.15, 0.2) is 5.69 Å². The Labute approximate surface area is 145 Å². The third kappa shape index (κ3) is 4.70. The van der Waals surface area contributed by atoms with Crippen LogP contribution in [0.2, 0.25) is 10.0 Å². The lowest BCUT2D eigenvalue weighted by molar-refractivity contribution is 0.0944. The van der Waals surface area contributed by atoms with Gasteiger partial charge >= 0.3 is 0 Å². The number of carbonyl (C=O) groups excluding carboxylic acids is 1. The molecule has 7 heteroatoms. The Balaban J connectivity index is 1.98. The van der Waals surface area contributed by atoms with Gasteiger partial charge in [0.05, 0.1) is 10.0 Å². The van der Waals surface area contributed by atoms with Crippen molar-refractivity contribution in [3.8, 4) is 11.5 Å². The van der Waals surface area contributed by atoms with Gasteiger partial charge in [0, 0.05) is 18.7 Å². The van der Waals surface area contributed by atoms with Crippen molar-refractivity contribution in [1.29, 1.82) is 0 Å². The topological polar surface area (TPSA) is 58.4 Å². The summed E-state index contributed by atoms with van der Waals surface area (Å²) in [5.74, 6) is 0.0738. The second-order valence-electron chi connectivity index (χ2n) is 4.95. The Bertz CT molecular complexity index is 669. The lowest BCUT2D eigenvalue weighted by atomic mass is 10.2. The van der Waals surface area contributed by atoms with E-state index in [0.29, 0.717) is 28.0 Å². The Morgan fingerprint density at radius 3 is 2.65 bits per heavy atom. The van der Waals surface area contributed by atoms with E-state index < -0.39 is 0 Å². The summed E-state index contributed by atoms with van der Waals surface area (Å²) in [6.07, 6.45) is 1.34. The average Bonchev–Trinajstić information content (AvgIpc) is 3.04. The summed E-state index contributed by atoms with van der Waals surface area (Å²) < 4.78 is 5.35. The maximum Gasteiger partial charge on any atom is 0.273 e. The van der Waals surface area contributed by atoms with E-state index in [2.05, 4.69) is 29.0 Å². The predicted molar refractivity (Wildman–Crippen MR) is 92.1 cm³/mol. The fourth-order valence-electron chi connectivity index (χ4n) is 2.10. The number of benzene rings is 1. The van der Waals surface area contributed by atoms with Crippen molar-refractivity contribution in [1.82, 2.24) is 15.2 Å². The van der Waals surface area contributed by atoms with Crippen LogP contribution in [0.3, 0.4) is 0 Å². The van der Waals surface area contributed by atoms with Crippen molar-refractivity contribution in [3.63, 3.8) is 0 Å². The highest BCUT2D eigenvalue weighted by atomic mass is 35.5. The Hall–Kier alpha value is -1.56. The molecule has 0 saturated heterocycles.